The van der Waals surface area contributed by atoms with Crippen molar-refractivity contribution in [2.24, 2.45) is 0 Å². The van der Waals surface area contributed by atoms with Gasteiger partial charge in [0.1, 0.15) is 11.6 Å². The van der Waals surface area contributed by atoms with E-state index in [1.54, 1.807) is 22.7 Å². The molecule has 0 fully saturated rings. The summed E-state index contributed by atoms with van der Waals surface area (Å²) in [5, 5.41) is 5.87. The van der Waals surface area contributed by atoms with Crippen LogP contribution >= 0.6 is 22.7 Å². The second-order valence-corrected chi connectivity index (χ2v) is 7.27. The van der Waals surface area contributed by atoms with Crippen LogP contribution in [0, 0.1) is 12.7 Å². The normalized spacial score (nSPS) is 10.6. The molecule has 0 spiro atoms. The van der Waals surface area contributed by atoms with E-state index >= 15 is 0 Å². The lowest BCUT2D eigenvalue weighted by atomic mass is 10.3. The number of carbonyl (C=O) groups is 1. The van der Waals surface area contributed by atoms with Crippen molar-refractivity contribution < 1.29 is 13.9 Å². The summed E-state index contributed by atoms with van der Waals surface area (Å²) in [4.78, 5) is 18.4. The number of hydrogen-bond donors (Lipinski definition) is 1. The topological polar surface area (TPSA) is 51.2 Å². The maximum atomic E-state index is 12.8. The van der Waals surface area contributed by atoms with E-state index in [0.29, 0.717) is 12.3 Å². The number of thiophene rings is 1. The van der Waals surface area contributed by atoms with Crippen molar-refractivity contribution in [1.82, 2.24) is 10.3 Å². The fraction of sp³-hybridized carbons (Fsp3) is 0.176. The Morgan fingerprint density at radius 2 is 2.04 bits per heavy atom. The van der Waals surface area contributed by atoms with Crippen LogP contribution in [0.1, 0.15) is 9.88 Å². The average molecular weight is 362 g/mol. The number of halogens is 1. The number of hydrogen-bond acceptors (Lipinski definition) is 5. The van der Waals surface area contributed by atoms with Crippen molar-refractivity contribution in [2.75, 3.05) is 6.61 Å². The first-order chi connectivity index (χ1) is 11.6. The van der Waals surface area contributed by atoms with Crippen molar-refractivity contribution in [3.05, 3.63) is 57.5 Å². The number of ether oxygens (including phenoxy) is 1. The molecule has 0 atom stereocenters. The maximum Gasteiger partial charge on any atom is 0.258 e. The Morgan fingerprint density at radius 3 is 2.75 bits per heavy atom. The van der Waals surface area contributed by atoms with Crippen LogP contribution in [0.4, 0.5) is 4.39 Å². The monoisotopic (exact) mass is 362 g/mol. The van der Waals surface area contributed by atoms with Crippen LogP contribution in [-0.2, 0) is 11.3 Å². The number of amides is 1. The van der Waals surface area contributed by atoms with Gasteiger partial charge in [0, 0.05) is 10.3 Å². The summed E-state index contributed by atoms with van der Waals surface area (Å²) in [5.41, 5.74) is 0.972. The Balaban J connectivity index is 1.48. The molecule has 0 aliphatic heterocycles. The van der Waals surface area contributed by atoms with Gasteiger partial charge in [-0.3, -0.25) is 4.79 Å². The summed E-state index contributed by atoms with van der Waals surface area (Å²) in [6.07, 6.45) is 0. The molecule has 0 radical (unpaired) electrons. The molecule has 124 valence electrons. The minimum absolute atomic E-state index is 0.102. The van der Waals surface area contributed by atoms with Gasteiger partial charge in [0.2, 0.25) is 0 Å². The first kappa shape index (κ1) is 16.6. The Bertz CT molecular complexity index is 827. The van der Waals surface area contributed by atoms with Crippen molar-refractivity contribution in [2.45, 2.75) is 13.5 Å². The van der Waals surface area contributed by atoms with Crippen LogP contribution in [0.25, 0.3) is 10.6 Å². The fourth-order valence-corrected chi connectivity index (χ4v) is 3.60. The number of aromatic nitrogens is 1. The van der Waals surface area contributed by atoms with Crippen LogP contribution in [0.5, 0.6) is 5.75 Å². The van der Waals surface area contributed by atoms with Crippen molar-refractivity contribution in [3.8, 4) is 16.3 Å². The van der Waals surface area contributed by atoms with Gasteiger partial charge >= 0.3 is 0 Å². The molecule has 2 aromatic heterocycles. The van der Waals surface area contributed by atoms with Gasteiger partial charge in [-0.1, -0.05) is 0 Å². The molecule has 24 heavy (non-hydrogen) atoms. The summed E-state index contributed by atoms with van der Waals surface area (Å²) in [6.45, 7) is 2.32. The summed E-state index contributed by atoms with van der Waals surface area (Å²) < 4.78 is 18.1. The number of rotatable bonds is 6. The molecular weight excluding hydrogens is 347 g/mol. The second-order valence-electron chi connectivity index (χ2n) is 5.04. The molecule has 1 N–H and O–H groups in total. The third-order valence-electron chi connectivity index (χ3n) is 3.18. The minimum atomic E-state index is -0.337. The molecule has 7 heteroatoms. The van der Waals surface area contributed by atoms with E-state index in [1.165, 1.54) is 24.3 Å². The summed E-state index contributed by atoms with van der Waals surface area (Å²) >= 11 is 3.22. The lowest BCUT2D eigenvalue weighted by molar-refractivity contribution is -0.123. The molecule has 4 nitrogen and oxygen atoms in total. The van der Waals surface area contributed by atoms with Crippen LogP contribution in [-0.4, -0.2) is 17.5 Å². The highest BCUT2D eigenvalue weighted by Gasteiger charge is 2.08. The number of nitrogens with zero attached hydrogens (tertiary/aromatic N) is 1. The molecule has 3 aromatic rings. The predicted octanol–water partition coefficient (Wildman–Crippen LogP) is 4.01. The van der Waals surface area contributed by atoms with E-state index in [9.17, 15) is 9.18 Å². The lowest BCUT2D eigenvalue weighted by Crippen LogP contribution is -2.28. The molecule has 0 saturated heterocycles. The van der Waals surface area contributed by atoms with Gasteiger partial charge in [-0.2, -0.15) is 0 Å². The van der Waals surface area contributed by atoms with Gasteiger partial charge < -0.3 is 10.1 Å². The van der Waals surface area contributed by atoms with E-state index in [4.69, 9.17) is 4.74 Å². The predicted molar refractivity (Wildman–Crippen MR) is 93.9 cm³/mol. The molecule has 2 heterocycles. The van der Waals surface area contributed by atoms with Crippen molar-refractivity contribution in [1.29, 1.82) is 0 Å². The Kier molecular flexibility index (Phi) is 5.22. The number of benzene rings is 1. The number of thiazole rings is 1. The molecule has 0 unspecified atom stereocenters. The van der Waals surface area contributed by atoms with E-state index in [1.807, 2.05) is 24.4 Å². The molecule has 0 saturated carbocycles. The molecule has 1 aromatic carbocycles. The first-order valence-corrected chi connectivity index (χ1v) is 8.96. The summed E-state index contributed by atoms with van der Waals surface area (Å²) in [6, 6.07) is 9.56. The largest absolute Gasteiger partial charge is 0.484 e. The Morgan fingerprint density at radius 1 is 1.25 bits per heavy atom. The van der Waals surface area contributed by atoms with Crippen LogP contribution in [0.3, 0.4) is 0 Å². The second kappa shape index (κ2) is 7.55. The Hall–Kier alpha value is -2.25. The molecular formula is C17H15FN2O2S2. The summed E-state index contributed by atoms with van der Waals surface area (Å²) in [5.74, 6) is -0.0988. The van der Waals surface area contributed by atoms with E-state index < -0.39 is 0 Å². The quantitative estimate of drug-likeness (QED) is 0.721. The average Bonchev–Trinajstić information content (AvgIpc) is 3.21. The Labute approximate surface area is 146 Å². The van der Waals surface area contributed by atoms with Crippen molar-refractivity contribution >= 4 is 28.6 Å². The third-order valence-corrected chi connectivity index (χ3v) is 5.06. The van der Waals surface area contributed by atoms with Gasteiger partial charge in [-0.25, -0.2) is 9.37 Å². The first-order valence-electron chi connectivity index (χ1n) is 7.26. The number of aryl methyl sites for hydroxylation is 1. The number of nitrogens with one attached hydrogen (secondary N) is 1. The minimum Gasteiger partial charge on any atom is -0.484 e. The van der Waals surface area contributed by atoms with E-state index in [0.717, 1.165) is 20.5 Å². The SMILES string of the molecule is Cc1nc(-c2ccc(CNC(=O)COc3ccc(F)cc3)s2)cs1. The van der Waals surface area contributed by atoms with Crippen LogP contribution in [0.15, 0.2) is 41.8 Å². The smallest absolute Gasteiger partial charge is 0.258 e. The van der Waals surface area contributed by atoms with Gasteiger partial charge in [-0.15, -0.1) is 22.7 Å². The molecule has 3 rings (SSSR count). The molecule has 0 aliphatic carbocycles. The zero-order chi connectivity index (χ0) is 16.9. The third kappa shape index (κ3) is 4.39. The molecule has 0 bridgehead atoms. The van der Waals surface area contributed by atoms with Gasteiger partial charge in [-0.05, 0) is 43.3 Å². The highest BCUT2D eigenvalue weighted by atomic mass is 32.1. The highest BCUT2D eigenvalue weighted by Crippen LogP contribution is 2.28. The van der Waals surface area contributed by atoms with Crippen LogP contribution < -0.4 is 10.1 Å². The van der Waals surface area contributed by atoms with Gasteiger partial charge in [0.15, 0.2) is 6.61 Å². The molecule has 1 amide bonds. The maximum absolute atomic E-state index is 12.8. The van der Waals surface area contributed by atoms with Gasteiger partial charge in [0.05, 0.1) is 22.1 Å². The highest BCUT2D eigenvalue weighted by molar-refractivity contribution is 7.16. The fourth-order valence-electron chi connectivity index (χ4n) is 2.00. The molecule has 0 aliphatic rings. The van der Waals surface area contributed by atoms with Crippen LogP contribution in [0.2, 0.25) is 0 Å². The van der Waals surface area contributed by atoms with E-state index in [2.05, 4.69) is 10.3 Å². The summed E-state index contributed by atoms with van der Waals surface area (Å²) in [7, 11) is 0. The zero-order valence-corrected chi connectivity index (χ0v) is 14.5. The van der Waals surface area contributed by atoms with Crippen molar-refractivity contribution in [3.63, 3.8) is 0 Å². The van der Waals surface area contributed by atoms with Gasteiger partial charge in [0.25, 0.3) is 5.91 Å². The lowest BCUT2D eigenvalue weighted by Gasteiger charge is -2.06. The van der Waals surface area contributed by atoms with E-state index in [-0.39, 0.29) is 18.3 Å². The number of carbonyl (C=O) groups excluding carboxylic acids is 1. The zero-order valence-electron chi connectivity index (χ0n) is 12.9. The standard InChI is InChI=1S/C17H15FN2O2S2/c1-11-20-15(10-23-11)16-7-6-14(24-16)8-19-17(21)9-22-13-4-2-12(18)3-5-13/h2-7,10H,8-9H2,1H3,(H,19,21).